The molecule has 96 valence electrons. The van der Waals surface area contributed by atoms with Gasteiger partial charge in [-0.1, -0.05) is 6.07 Å². The van der Waals surface area contributed by atoms with Gasteiger partial charge in [-0.05, 0) is 31.5 Å². The summed E-state index contributed by atoms with van der Waals surface area (Å²) in [7, 11) is 0. The smallest absolute Gasteiger partial charge is 0.159 e. The van der Waals surface area contributed by atoms with Gasteiger partial charge < -0.3 is 10.3 Å². The van der Waals surface area contributed by atoms with E-state index in [1.807, 2.05) is 24.6 Å². The third-order valence-corrected chi connectivity index (χ3v) is 2.80. The van der Waals surface area contributed by atoms with Gasteiger partial charge in [0.05, 0.1) is 5.69 Å². The second-order valence-corrected chi connectivity index (χ2v) is 4.38. The fraction of sp³-hybridized carbons (Fsp3) is 0.308. The summed E-state index contributed by atoms with van der Waals surface area (Å²) in [5.74, 6) is -0.873. The highest BCUT2D eigenvalue weighted by molar-refractivity contribution is 5.19. The molecule has 0 aliphatic carbocycles. The molecule has 2 rings (SSSR count). The van der Waals surface area contributed by atoms with Crippen LogP contribution in [0.5, 0.6) is 0 Å². The number of hydrogen-bond acceptors (Lipinski definition) is 2. The minimum atomic E-state index is -0.836. The Balaban J connectivity index is 2.25. The zero-order chi connectivity index (χ0) is 13.3. The van der Waals surface area contributed by atoms with E-state index in [4.69, 9.17) is 5.73 Å². The lowest BCUT2D eigenvalue weighted by atomic mass is 10.2. The van der Waals surface area contributed by atoms with Crippen molar-refractivity contribution < 1.29 is 8.78 Å². The molecule has 2 aromatic rings. The second kappa shape index (κ2) is 4.86. The highest BCUT2D eigenvalue weighted by Crippen LogP contribution is 2.14. The van der Waals surface area contributed by atoms with Crippen LogP contribution in [0.25, 0.3) is 0 Å². The number of hydrogen-bond donors (Lipinski definition) is 1. The van der Waals surface area contributed by atoms with Gasteiger partial charge in [-0.15, -0.1) is 0 Å². The van der Waals surface area contributed by atoms with E-state index < -0.39 is 11.6 Å². The van der Waals surface area contributed by atoms with Gasteiger partial charge in [0.25, 0.3) is 0 Å². The highest BCUT2D eigenvalue weighted by atomic mass is 19.2. The minimum Gasteiger partial charge on any atom is -0.330 e. The van der Waals surface area contributed by atoms with E-state index >= 15 is 0 Å². The molecule has 1 unspecified atom stereocenters. The number of nitrogens with two attached hydrogens (primary N) is 1. The van der Waals surface area contributed by atoms with Gasteiger partial charge in [-0.2, -0.15) is 0 Å². The Labute approximate surface area is 104 Å². The van der Waals surface area contributed by atoms with Crippen molar-refractivity contribution in [2.45, 2.75) is 26.4 Å². The third-order valence-electron chi connectivity index (χ3n) is 2.80. The lowest BCUT2D eigenvalue weighted by molar-refractivity contribution is 0.506. The van der Waals surface area contributed by atoms with Crippen LogP contribution in [0.1, 0.15) is 30.0 Å². The molecule has 3 nitrogen and oxygen atoms in total. The van der Waals surface area contributed by atoms with Crippen LogP contribution in [0.15, 0.2) is 24.4 Å². The van der Waals surface area contributed by atoms with Crippen molar-refractivity contribution in [2.24, 2.45) is 5.73 Å². The number of imidazole rings is 1. The number of rotatable bonds is 3. The van der Waals surface area contributed by atoms with Gasteiger partial charge in [-0.25, -0.2) is 13.8 Å². The van der Waals surface area contributed by atoms with Gasteiger partial charge in [0.1, 0.15) is 5.82 Å². The molecule has 0 saturated carbocycles. The molecule has 0 aliphatic rings. The lowest BCUT2D eigenvalue weighted by Gasteiger charge is -2.05. The van der Waals surface area contributed by atoms with Crippen LogP contribution in [0.3, 0.4) is 0 Å². The van der Waals surface area contributed by atoms with E-state index in [0.29, 0.717) is 12.1 Å². The molecule has 0 radical (unpaired) electrons. The maximum atomic E-state index is 13.1. The predicted octanol–water partition coefficient (Wildman–Crippen LogP) is 2.54. The fourth-order valence-corrected chi connectivity index (χ4v) is 1.75. The number of nitrogens with zero attached hydrogens (tertiary/aromatic N) is 2. The molecule has 1 aromatic heterocycles. The van der Waals surface area contributed by atoms with Crippen LogP contribution in [0, 0.1) is 18.6 Å². The molecule has 1 atom stereocenters. The average molecular weight is 251 g/mol. The Morgan fingerprint density at radius 2 is 2.06 bits per heavy atom. The molecule has 0 spiro atoms. The number of aryl methyl sites for hydroxylation is 1. The molecule has 1 aromatic carbocycles. The van der Waals surface area contributed by atoms with E-state index in [2.05, 4.69) is 4.98 Å². The van der Waals surface area contributed by atoms with Gasteiger partial charge in [0, 0.05) is 18.8 Å². The van der Waals surface area contributed by atoms with Crippen LogP contribution in [0.2, 0.25) is 0 Å². The van der Waals surface area contributed by atoms with Crippen LogP contribution >= 0.6 is 0 Å². The van der Waals surface area contributed by atoms with Crippen molar-refractivity contribution in [1.82, 2.24) is 9.55 Å². The maximum absolute atomic E-state index is 13.1. The Morgan fingerprint density at radius 3 is 2.61 bits per heavy atom. The van der Waals surface area contributed by atoms with Crippen LogP contribution in [-0.4, -0.2) is 9.55 Å². The predicted molar refractivity (Wildman–Crippen MR) is 65.0 cm³/mol. The third kappa shape index (κ3) is 2.56. The fourth-order valence-electron chi connectivity index (χ4n) is 1.75. The minimum absolute atomic E-state index is 0.144. The Morgan fingerprint density at radius 1 is 1.33 bits per heavy atom. The average Bonchev–Trinajstić information content (AvgIpc) is 2.66. The van der Waals surface area contributed by atoms with Gasteiger partial charge >= 0.3 is 0 Å². The Bertz CT molecular complexity index is 561. The zero-order valence-electron chi connectivity index (χ0n) is 10.3. The summed E-state index contributed by atoms with van der Waals surface area (Å²) in [6, 6.07) is 3.74. The summed E-state index contributed by atoms with van der Waals surface area (Å²) in [4.78, 5) is 4.32. The normalized spacial score (nSPS) is 12.7. The molecule has 0 bridgehead atoms. The van der Waals surface area contributed by atoms with E-state index in [-0.39, 0.29) is 6.04 Å². The number of halogens is 2. The van der Waals surface area contributed by atoms with Crippen molar-refractivity contribution >= 4 is 0 Å². The topological polar surface area (TPSA) is 43.8 Å². The Hall–Kier alpha value is -1.75. The summed E-state index contributed by atoms with van der Waals surface area (Å²) in [6.07, 6.45) is 1.83. The van der Waals surface area contributed by atoms with E-state index in [1.165, 1.54) is 6.07 Å². The van der Waals surface area contributed by atoms with Crippen molar-refractivity contribution in [2.75, 3.05) is 0 Å². The summed E-state index contributed by atoms with van der Waals surface area (Å²) >= 11 is 0. The van der Waals surface area contributed by atoms with Crippen molar-refractivity contribution in [3.63, 3.8) is 0 Å². The molecule has 1 heterocycles. The first-order valence-electron chi connectivity index (χ1n) is 5.70. The van der Waals surface area contributed by atoms with Gasteiger partial charge in [0.15, 0.2) is 11.6 Å². The standard InChI is InChI=1S/C13H15F2N3/c1-8(16)13-7-18(9(2)17-13)6-10-3-4-11(14)12(15)5-10/h3-5,7-8H,6,16H2,1-2H3. The molecule has 2 N–H and O–H groups in total. The van der Waals surface area contributed by atoms with Gasteiger partial charge in [-0.3, -0.25) is 0 Å². The monoisotopic (exact) mass is 251 g/mol. The maximum Gasteiger partial charge on any atom is 0.159 e. The quantitative estimate of drug-likeness (QED) is 0.911. The largest absolute Gasteiger partial charge is 0.330 e. The second-order valence-electron chi connectivity index (χ2n) is 4.38. The summed E-state index contributed by atoms with van der Waals surface area (Å²) in [6.45, 7) is 4.15. The Kier molecular flexibility index (Phi) is 3.43. The number of benzene rings is 1. The molecule has 0 fully saturated rings. The first kappa shape index (κ1) is 12.7. The number of aromatic nitrogens is 2. The van der Waals surface area contributed by atoms with Crippen LogP contribution in [0.4, 0.5) is 8.78 Å². The molecule has 5 heteroatoms. The van der Waals surface area contributed by atoms with E-state index in [1.54, 1.807) is 6.07 Å². The van der Waals surface area contributed by atoms with Crippen LogP contribution < -0.4 is 5.73 Å². The molecule has 0 aliphatic heterocycles. The van der Waals surface area contributed by atoms with Crippen molar-refractivity contribution in [3.8, 4) is 0 Å². The summed E-state index contributed by atoms with van der Waals surface area (Å²) in [5, 5.41) is 0. The first-order valence-corrected chi connectivity index (χ1v) is 5.70. The zero-order valence-corrected chi connectivity index (χ0v) is 10.3. The molecule has 0 amide bonds. The van der Waals surface area contributed by atoms with Crippen molar-refractivity contribution in [1.29, 1.82) is 0 Å². The highest BCUT2D eigenvalue weighted by Gasteiger charge is 2.09. The van der Waals surface area contributed by atoms with E-state index in [0.717, 1.165) is 17.6 Å². The molecule has 18 heavy (non-hydrogen) atoms. The summed E-state index contributed by atoms with van der Waals surface area (Å²) < 4.78 is 27.8. The van der Waals surface area contributed by atoms with Crippen molar-refractivity contribution in [3.05, 3.63) is 53.1 Å². The first-order chi connectivity index (χ1) is 8.47. The SMILES string of the molecule is Cc1nc(C(C)N)cn1Cc1ccc(F)c(F)c1. The van der Waals surface area contributed by atoms with Crippen LogP contribution in [-0.2, 0) is 6.54 Å². The summed E-state index contributed by atoms with van der Waals surface area (Å²) in [5.41, 5.74) is 7.22. The van der Waals surface area contributed by atoms with E-state index in [9.17, 15) is 8.78 Å². The molecular weight excluding hydrogens is 236 g/mol. The molecular formula is C13H15F2N3. The lowest BCUT2D eigenvalue weighted by Crippen LogP contribution is -2.05. The van der Waals surface area contributed by atoms with Gasteiger partial charge in [0.2, 0.25) is 0 Å². The molecule has 0 saturated heterocycles.